The van der Waals surface area contributed by atoms with Crippen molar-refractivity contribution in [2.45, 2.75) is 51.7 Å². The van der Waals surface area contributed by atoms with Gasteiger partial charge in [-0.15, -0.1) is 11.3 Å². The number of hydrogen-bond donors (Lipinski definition) is 3. The summed E-state index contributed by atoms with van der Waals surface area (Å²) < 4.78 is 0. The molecule has 0 radical (unpaired) electrons. The highest BCUT2D eigenvalue weighted by Gasteiger charge is 2.34. The van der Waals surface area contributed by atoms with Crippen LogP contribution in [-0.2, 0) is 17.8 Å². The van der Waals surface area contributed by atoms with Gasteiger partial charge in [-0.25, -0.2) is 4.79 Å². The summed E-state index contributed by atoms with van der Waals surface area (Å²) >= 11 is 1.72. The van der Waals surface area contributed by atoms with Gasteiger partial charge in [0.05, 0.1) is 13.1 Å². The molecule has 2 rings (SSSR count). The van der Waals surface area contributed by atoms with Gasteiger partial charge >= 0.3 is 12.0 Å². The zero-order chi connectivity index (χ0) is 16.8. The topological polar surface area (TPSA) is 81.7 Å². The van der Waals surface area contributed by atoms with Crippen LogP contribution in [0.2, 0.25) is 0 Å². The first-order valence-corrected chi connectivity index (χ1v) is 8.91. The second-order valence-corrected chi connectivity index (χ2v) is 7.08. The normalized spacial score (nSPS) is 20.1. The van der Waals surface area contributed by atoms with E-state index in [9.17, 15) is 9.59 Å². The second kappa shape index (κ2) is 8.31. The molecule has 1 aromatic rings. The van der Waals surface area contributed by atoms with E-state index >= 15 is 0 Å². The molecule has 0 unspecified atom stereocenters. The van der Waals surface area contributed by atoms with Gasteiger partial charge in [-0.3, -0.25) is 9.69 Å². The maximum atomic E-state index is 11.9. The Balaban J connectivity index is 1.66. The zero-order valence-corrected chi connectivity index (χ0v) is 14.5. The SMILES string of the molecule is CCc1ccc(CNC(=O)NC2CC(N(CC)CC(=O)O)C2)s1. The molecule has 1 aliphatic carbocycles. The smallest absolute Gasteiger partial charge is 0.317 e. The predicted molar refractivity (Wildman–Crippen MR) is 90.8 cm³/mol. The fourth-order valence-electron chi connectivity index (χ4n) is 2.79. The number of carbonyl (C=O) groups excluding carboxylic acids is 1. The predicted octanol–water partition coefficient (Wildman–Crippen LogP) is 2.05. The van der Waals surface area contributed by atoms with E-state index in [0.29, 0.717) is 13.1 Å². The maximum Gasteiger partial charge on any atom is 0.317 e. The van der Waals surface area contributed by atoms with E-state index in [1.807, 2.05) is 17.9 Å². The molecule has 0 saturated heterocycles. The number of thiophene rings is 1. The molecule has 3 N–H and O–H groups in total. The van der Waals surface area contributed by atoms with Crippen LogP contribution < -0.4 is 10.6 Å². The standard InChI is InChI=1S/C16H25N3O3S/c1-3-13-5-6-14(23-13)9-17-16(22)18-11-7-12(8-11)19(4-2)10-15(20)21/h5-6,11-12H,3-4,7-10H2,1-2H3,(H,20,21)(H2,17,18,22). The molecule has 0 aliphatic heterocycles. The van der Waals surface area contributed by atoms with Gasteiger partial charge in [0.2, 0.25) is 0 Å². The highest BCUT2D eigenvalue weighted by molar-refractivity contribution is 7.11. The van der Waals surface area contributed by atoms with Crippen molar-refractivity contribution in [3.63, 3.8) is 0 Å². The van der Waals surface area contributed by atoms with Crippen LogP contribution >= 0.6 is 11.3 Å². The van der Waals surface area contributed by atoms with Crippen molar-refractivity contribution in [1.82, 2.24) is 15.5 Å². The Morgan fingerprint density at radius 1 is 1.30 bits per heavy atom. The van der Waals surface area contributed by atoms with E-state index in [1.54, 1.807) is 11.3 Å². The summed E-state index contributed by atoms with van der Waals surface area (Å²) in [7, 11) is 0. The van der Waals surface area contributed by atoms with Crippen molar-refractivity contribution in [3.8, 4) is 0 Å². The van der Waals surface area contributed by atoms with E-state index in [2.05, 4.69) is 23.6 Å². The zero-order valence-electron chi connectivity index (χ0n) is 13.7. The van der Waals surface area contributed by atoms with Crippen LogP contribution in [0.3, 0.4) is 0 Å². The first-order chi connectivity index (χ1) is 11.0. The van der Waals surface area contributed by atoms with E-state index in [1.165, 1.54) is 4.88 Å². The van der Waals surface area contributed by atoms with Crippen molar-refractivity contribution >= 4 is 23.3 Å². The van der Waals surface area contributed by atoms with Crippen LogP contribution in [0.1, 0.15) is 36.4 Å². The molecule has 2 amide bonds. The molecule has 7 heteroatoms. The molecule has 1 heterocycles. The number of nitrogens with zero attached hydrogens (tertiary/aromatic N) is 1. The number of carboxylic acids is 1. The summed E-state index contributed by atoms with van der Waals surface area (Å²) in [4.78, 5) is 27.1. The van der Waals surface area contributed by atoms with Crippen molar-refractivity contribution in [3.05, 3.63) is 21.9 Å². The Hall–Kier alpha value is -1.60. The summed E-state index contributed by atoms with van der Waals surface area (Å²) in [6.45, 7) is 5.41. The summed E-state index contributed by atoms with van der Waals surface area (Å²) in [5.41, 5.74) is 0. The first kappa shape index (κ1) is 17.7. The van der Waals surface area contributed by atoms with E-state index in [0.717, 1.165) is 24.1 Å². The second-order valence-electron chi connectivity index (χ2n) is 5.83. The summed E-state index contributed by atoms with van der Waals surface area (Å²) in [5.74, 6) is -0.802. The number of rotatable bonds is 8. The van der Waals surface area contributed by atoms with Gasteiger partial charge in [0, 0.05) is 21.8 Å². The minimum atomic E-state index is -0.802. The van der Waals surface area contributed by atoms with Crippen molar-refractivity contribution in [2.75, 3.05) is 13.1 Å². The quantitative estimate of drug-likeness (QED) is 0.677. The summed E-state index contributed by atoms with van der Waals surface area (Å²) in [6.07, 6.45) is 2.64. The van der Waals surface area contributed by atoms with Crippen LogP contribution in [0.5, 0.6) is 0 Å². The molecule has 1 aromatic heterocycles. The molecule has 128 valence electrons. The van der Waals surface area contributed by atoms with Crippen LogP contribution in [0.4, 0.5) is 4.79 Å². The third kappa shape index (κ3) is 5.21. The van der Waals surface area contributed by atoms with Gasteiger partial charge in [0.1, 0.15) is 0 Å². The Kier molecular flexibility index (Phi) is 6.41. The van der Waals surface area contributed by atoms with Gasteiger partial charge in [-0.2, -0.15) is 0 Å². The summed E-state index contributed by atoms with van der Waals surface area (Å²) in [6, 6.07) is 4.39. The van der Waals surface area contributed by atoms with Crippen molar-refractivity contribution < 1.29 is 14.7 Å². The number of likely N-dealkylation sites (N-methyl/N-ethyl adjacent to an activating group) is 1. The highest BCUT2D eigenvalue weighted by atomic mass is 32.1. The molecule has 1 aliphatic rings. The van der Waals surface area contributed by atoms with Crippen LogP contribution in [0.15, 0.2) is 12.1 Å². The minimum absolute atomic E-state index is 0.0677. The van der Waals surface area contributed by atoms with Gasteiger partial charge in [0.25, 0.3) is 0 Å². The highest BCUT2D eigenvalue weighted by Crippen LogP contribution is 2.25. The molecular weight excluding hydrogens is 314 g/mol. The van der Waals surface area contributed by atoms with Gasteiger partial charge in [0.15, 0.2) is 0 Å². The Bertz CT molecular complexity index is 540. The number of carbonyl (C=O) groups is 2. The number of urea groups is 1. The molecule has 0 spiro atoms. The monoisotopic (exact) mass is 339 g/mol. The number of aliphatic carboxylic acids is 1. The lowest BCUT2D eigenvalue weighted by Crippen LogP contribution is -2.56. The molecule has 0 atom stereocenters. The lowest BCUT2D eigenvalue weighted by molar-refractivity contribution is -0.139. The van der Waals surface area contributed by atoms with Crippen LogP contribution in [-0.4, -0.2) is 47.2 Å². The Morgan fingerprint density at radius 3 is 2.57 bits per heavy atom. The minimum Gasteiger partial charge on any atom is -0.480 e. The lowest BCUT2D eigenvalue weighted by atomic mass is 9.85. The Labute approximate surface area is 140 Å². The maximum absolute atomic E-state index is 11.9. The van der Waals surface area contributed by atoms with Crippen LogP contribution in [0.25, 0.3) is 0 Å². The van der Waals surface area contributed by atoms with Crippen LogP contribution in [0, 0.1) is 0 Å². The summed E-state index contributed by atoms with van der Waals surface area (Å²) in [5, 5.41) is 14.7. The fourth-order valence-corrected chi connectivity index (χ4v) is 3.69. The largest absolute Gasteiger partial charge is 0.480 e. The molecule has 23 heavy (non-hydrogen) atoms. The van der Waals surface area contributed by atoms with E-state index in [-0.39, 0.29) is 24.7 Å². The van der Waals surface area contributed by atoms with Gasteiger partial charge in [-0.05, 0) is 37.9 Å². The number of aryl methyl sites for hydroxylation is 1. The average Bonchev–Trinajstić information content (AvgIpc) is 2.94. The molecule has 0 aromatic carbocycles. The fraction of sp³-hybridized carbons (Fsp3) is 0.625. The molecule has 0 bridgehead atoms. The van der Waals surface area contributed by atoms with Crippen molar-refractivity contribution in [2.24, 2.45) is 0 Å². The molecule has 1 fully saturated rings. The van der Waals surface area contributed by atoms with Gasteiger partial charge < -0.3 is 15.7 Å². The number of amides is 2. The third-order valence-electron chi connectivity index (χ3n) is 4.20. The van der Waals surface area contributed by atoms with E-state index < -0.39 is 5.97 Å². The average molecular weight is 339 g/mol. The molecular formula is C16H25N3O3S. The van der Waals surface area contributed by atoms with E-state index in [4.69, 9.17) is 5.11 Å². The first-order valence-electron chi connectivity index (χ1n) is 8.09. The number of nitrogens with one attached hydrogen (secondary N) is 2. The number of carboxylic acid groups (broad SMARTS) is 1. The Morgan fingerprint density at radius 2 is 2.00 bits per heavy atom. The van der Waals surface area contributed by atoms with Crippen molar-refractivity contribution in [1.29, 1.82) is 0 Å². The lowest BCUT2D eigenvalue weighted by Gasteiger charge is -2.42. The third-order valence-corrected chi connectivity index (χ3v) is 5.43. The number of hydrogen-bond acceptors (Lipinski definition) is 4. The molecule has 6 nitrogen and oxygen atoms in total. The molecule has 1 saturated carbocycles. The van der Waals surface area contributed by atoms with Gasteiger partial charge in [-0.1, -0.05) is 13.8 Å².